The molecule has 0 aromatic heterocycles. The van der Waals surface area contributed by atoms with Gasteiger partial charge in [-0.3, -0.25) is 0 Å². The number of aryl methyl sites for hydroxylation is 2. The average Bonchev–Trinajstić information content (AvgIpc) is 3.88. The van der Waals surface area contributed by atoms with E-state index in [1.165, 1.54) is 137 Å². The Balaban J connectivity index is 0.000000204. The van der Waals surface area contributed by atoms with E-state index < -0.39 is 0 Å². The normalized spacial score (nSPS) is 10.7. The van der Waals surface area contributed by atoms with Crippen molar-refractivity contribution >= 4 is 89.4 Å². The molecule has 10 aromatic rings. The zero-order valence-electron chi connectivity index (χ0n) is 34.8. The van der Waals surface area contributed by atoms with Crippen molar-refractivity contribution in [2.24, 2.45) is 0 Å². The van der Waals surface area contributed by atoms with Crippen molar-refractivity contribution in [3.8, 4) is 22.3 Å². The smallest absolute Gasteiger partial charge is 0.372 e. The van der Waals surface area contributed by atoms with Crippen molar-refractivity contribution in [2.45, 2.75) is 58.8 Å². The molecule has 0 amide bonds. The molecule has 0 aliphatic rings. The van der Waals surface area contributed by atoms with Crippen LogP contribution in [0.4, 0.5) is 0 Å². The Morgan fingerprint density at radius 2 is 0.717 bits per heavy atom. The maximum Gasteiger partial charge on any atom is 4.00 e. The van der Waals surface area contributed by atoms with Gasteiger partial charge in [0.1, 0.15) is 0 Å². The molecule has 0 saturated heterocycles. The summed E-state index contributed by atoms with van der Waals surface area (Å²) in [6.07, 6.45) is 8.07. The molecule has 0 aliphatic carbocycles. The standard InChI is InChI=1S/2C27H23.C3H6.2ClH.Hf/c2*1-2-3-9-19-16-20-12-8-15-25(26(20)17-19)27-23-13-6-4-10-21(23)18-22-11-5-7-14-24(22)27;1-3-2;;;/h2*4-8,10-18H,2-3,9H2,1H3;1-3H2;2*1H;/q2*-1;-2;;;+4. The summed E-state index contributed by atoms with van der Waals surface area (Å²) in [5.74, 6) is 0. The Morgan fingerprint density at radius 1 is 0.400 bits per heavy atom. The Morgan fingerprint density at radius 3 is 1.03 bits per heavy atom. The fourth-order valence-electron chi connectivity index (χ4n) is 8.69. The minimum Gasteiger partial charge on any atom is -0.372 e. The van der Waals surface area contributed by atoms with Gasteiger partial charge in [-0.15, -0.1) is 93.9 Å². The molecule has 10 rings (SSSR count). The third-order valence-electron chi connectivity index (χ3n) is 11.3. The van der Waals surface area contributed by atoms with Crippen LogP contribution >= 0.6 is 24.8 Å². The van der Waals surface area contributed by atoms with E-state index >= 15 is 0 Å². The molecule has 0 aliphatic heterocycles. The molecule has 10 aromatic carbocycles. The molecule has 0 spiro atoms. The Bertz CT molecular complexity index is 2640. The van der Waals surface area contributed by atoms with Crippen molar-refractivity contribution in [3.63, 3.8) is 0 Å². The van der Waals surface area contributed by atoms with Gasteiger partial charge in [0.15, 0.2) is 0 Å². The predicted molar refractivity (Wildman–Crippen MR) is 267 cm³/mol. The summed E-state index contributed by atoms with van der Waals surface area (Å²) >= 11 is 0. The molecule has 3 heteroatoms. The van der Waals surface area contributed by atoms with Gasteiger partial charge in [0, 0.05) is 0 Å². The van der Waals surface area contributed by atoms with Crippen LogP contribution in [0.1, 0.15) is 57.1 Å². The molecule has 0 unspecified atom stereocenters. The van der Waals surface area contributed by atoms with E-state index in [0.29, 0.717) is 0 Å². The monoisotopic (exact) mass is 988 g/mol. The molecule has 0 fully saturated rings. The molecule has 0 saturated carbocycles. The zero-order valence-corrected chi connectivity index (χ0v) is 40.1. The molecule has 60 heavy (non-hydrogen) atoms. The molecule has 0 heterocycles. The first-order valence-corrected chi connectivity index (χ1v) is 20.9. The molecule has 300 valence electrons. The first-order valence-electron chi connectivity index (χ1n) is 20.9. The van der Waals surface area contributed by atoms with Crippen LogP contribution in [0.25, 0.3) is 86.9 Å². The van der Waals surface area contributed by atoms with Crippen molar-refractivity contribution in [1.29, 1.82) is 0 Å². The average molecular weight is 988 g/mol. The Hall–Kier alpha value is -4.53. The van der Waals surface area contributed by atoms with E-state index in [-0.39, 0.29) is 50.7 Å². The van der Waals surface area contributed by atoms with Crippen LogP contribution in [-0.4, -0.2) is 0 Å². The summed E-state index contributed by atoms with van der Waals surface area (Å²) in [5, 5.41) is 16.0. The van der Waals surface area contributed by atoms with E-state index in [1.54, 1.807) is 0 Å². The minimum atomic E-state index is 0. The third-order valence-corrected chi connectivity index (χ3v) is 11.3. The number of benzene rings is 8. The number of hydrogen-bond acceptors (Lipinski definition) is 0. The molecule has 0 atom stereocenters. The Labute approximate surface area is 388 Å². The summed E-state index contributed by atoms with van der Waals surface area (Å²) in [6.45, 7) is 11.3. The summed E-state index contributed by atoms with van der Waals surface area (Å²) in [7, 11) is 0. The van der Waals surface area contributed by atoms with Gasteiger partial charge in [0.05, 0.1) is 0 Å². The van der Waals surface area contributed by atoms with E-state index in [9.17, 15) is 0 Å². The molecular formula is C57H54Cl2Hf. The van der Waals surface area contributed by atoms with Crippen LogP contribution in [0.3, 0.4) is 0 Å². The Kier molecular flexibility index (Phi) is 16.9. The number of rotatable bonds is 8. The molecule has 0 bridgehead atoms. The second-order valence-corrected chi connectivity index (χ2v) is 15.3. The molecular weight excluding hydrogens is 934 g/mol. The van der Waals surface area contributed by atoms with Gasteiger partial charge in [-0.05, 0) is 79.2 Å². The second-order valence-electron chi connectivity index (χ2n) is 15.3. The molecule has 0 N–H and O–H groups in total. The van der Waals surface area contributed by atoms with Crippen molar-refractivity contribution in [3.05, 3.63) is 195 Å². The molecule has 0 nitrogen and oxygen atoms in total. The first kappa shape index (κ1) is 46.5. The van der Waals surface area contributed by atoms with E-state index in [1.807, 2.05) is 0 Å². The van der Waals surface area contributed by atoms with Gasteiger partial charge >= 0.3 is 25.8 Å². The number of unbranched alkanes of at least 4 members (excludes halogenated alkanes) is 2. The predicted octanol–water partition coefficient (Wildman–Crippen LogP) is 17.6. The van der Waals surface area contributed by atoms with Crippen molar-refractivity contribution in [2.75, 3.05) is 0 Å². The van der Waals surface area contributed by atoms with E-state index in [4.69, 9.17) is 0 Å². The maximum atomic E-state index is 3.38. The summed E-state index contributed by atoms with van der Waals surface area (Å²) in [4.78, 5) is 0. The third kappa shape index (κ3) is 9.66. The zero-order chi connectivity index (χ0) is 39.1. The largest absolute Gasteiger partial charge is 4.00 e. The van der Waals surface area contributed by atoms with Crippen LogP contribution in [0.2, 0.25) is 0 Å². The fraction of sp³-hybridized carbons (Fsp3) is 0.158. The van der Waals surface area contributed by atoms with Crippen LogP contribution in [-0.2, 0) is 38.7 Å². The summed E-state index contributed by atoms with van der Waals surface area (Å²) < 4.78 is 0. The van der Waals surface area contributed by atoms with Crippen molar-refractivity contribution < 1.29 is 25.8 Å². The van der Waals surface area contributed by atoms with Crippen LogP contribution < -0.4 is 0 Å². The van der Waals surface area contributed by atoms with Gasteiger partial charge < -0.3 is 20.3 Å². The van der Waals surface area contributed by atoms with Gasteiger partial charge in [-0.25, -0.2) is 0 Å². The molecule has 0 radical (unpaired) electrons. The fourth-order valence-corrected chi connectivity index (χ4v) is 8.69. The topological polar surface area (TPSA) is 0 Å². The maximum absolute atomic E-state index is 3.38. The van der Waals surface area contributed by atoms with Crippen LogP contribution in [0.15, 0.2) is 170 Å². The number of hydrogen-bond donors (Lipinski definition) is 0. The second kappa shape index (κ2) is 21.8. The summed E-state index contributed by atoms with van der Waals surface area (Å²) in [5.41, 5.74) is 8.35. The van der Waals surface area contributed by atoms with Gasteiger partial charge in [0.25, 0.3) is 0 Å². The number of halogens is 2. The SMILES string of the molecule is CCCCc1cc2c(-c3c4ccccc4cc4ccccc34)cccc2[cH-]1.CCCCc1cc2c(-c3c4ccccc4cc4ccccc34)cccc2[cH-]1.Cl.Cl.[CH2-]C[CH2-].[Hf+4]. The van der Waals surface area contributed by atoms with Gasteiger partial charge in [-0.1, -0.05) is 160 Å². The van der Waals surface area contributed by atoms with Gasteiger partial charge in [-0.2, -0.15) is 12.1 Å². The van der Waals surface area contributed by atoms with E-state index in [0.717, 1.165) is 6.42 Å². The van der Waals surface area contributed by atoms with Crippen molar-refractivity contribution in [1.82, 2.24) is 0 Å². The van der Waals surface area contributed by atoms with Gasteiger partial charge in [0.2, 0.25) is 0 Å². The quantitative estimate of drug-likeness (QED) is 0.0808. The number of fused-ring (bicyclic) bond motifs is 6. The van der Waals surface area contributed by atoms with Crippen LogP contribution in [0, 0.1) is 13.8 Å². The summed E-state index contributed by atoms with van der Waals surface area (Å²) in [6, 6.07) is 62.8. The van der Waals surface area contributed by atoms with E-state index in [2.05, 4.69) is 198 Å². The minimum absolute atomic E-state index is 0. The van der Waals surface area contributed by atoms with Crippen LogP contribution in [0.5, 0.6) is 0 Å². The first-order chi connectivity index (χ1) is 28.1.